The Bertz CT molecular complexity index is 826. The summed E-state index contributed by atoms with van der Waals surface area (Å²) in [7, 11) is -3.45. The average Bonchev–Trinajstić information content (AvgIpc) is 2.84. The minimum absolute atomic E-state index is 0.413. The Morgan fingerprint density at radius 2 is 2.05 bits per heavy atom. The van der Waals surface area contributed by atoms with Crippen molar-refractivity contribution in [1.82, 2.24) is 9.55 Å². The lowest BCUT2D eigenvalue weighted by Crippen LogP contribution is -2.06. The Morgan fingerprint density at radius 3 is 2.62 bits per heavy atom. The van der Waals surface area contributed by atoms with Crippen molar-refractivity contribution >= 4 is 26.4 Å². The highest BCUT2D eigenvalue weighted by Gasteiger charge is 2.25. The molecule has 1 unspecified atom stereocenters. The summed E-state index contributed by atoms with van der Waals surface area (Å²) in [6.07, 6.45) is 4.80. The number of nitrogens with zero attached hydrogens (tertiary/aromatic N) is 4. The topological polar surface area (TPSA) is 107 Å². The molecule has 0 N–H and O–H groups in total. The van der Waals surface area contributed by atoms with Crippen molar-refractivity contribution in [2.75, 3.05) is 6.26 Å². The van der Waals surface area contributed by atoms with Crippen LogP contribution in [0.15, 0.2) is 50.5 Å². The molecule has 0 bridgehead atoms. The van der Waals surface area contributed by atoms with Crippen LogP contribution in [0.1, 0.15) is 0 Å². The maximum Gasteiger partial charge on any atom is 0.295 e. The van der Waals surface area contributed by atoms with Crippen LogP contribution < -0.4 is 0 Å². The van der Waals surface area contributed by atoms with Crippen LogP contribution in [0.3, 0.4) is 0 Å². The Hall–Kier alpha value is -2.07. The minimum atomic E-state index is -4.14. The number of rotatable bonds is 4. The van der Waals surface area contributed by atoms with Gasteiger partial charge in [0.05, 0.1) is 4.92 Å². The molecule has 1 aromatic carbocycles. The van der Waals surface area contributed by atoms with Gasteiger partial charge < -0.3 is 4.57 Å². The van der Waals surface area contributed by atoms with Crippen molar-refractivity contribution in [3.8, 4) is 0 Å². The molecular weight excluding hydrogens is 316 g/mol. The van der Waals surface area contributed by atoms with Gasteiger partial charge in [-0.05, 0) is 16.8 Å². The fourth-order valence-electron chi connectivity index (χ4n) is 1.68. The van der Waals surface area contributed by atoms with E-state index in [9.17, 15) is 18.5 Å². The fraction of sp³-hybridized carbons (Fsp3) is 0.182. The van der Waals surface area contributed by atoms with E-state index in [2.05, 4.69) is 8.75 Å². The number of aryl methyl sites for hydroxylation is 1. The molecular formula is C11H12N4O4S2. The van der Waals surface area contributed by atoms with Gasteiger partial charge in [-0.3, -0.25) is 10.1 Å². The summed E-state index contributed by atoms with van der Waals surface area (Å²) >= 11 is 0. The second-order valence-corrected chi connectivity index (χ2v) is 7.38. The molecule has 0 aliphatic rings. The second kappa shape index (κ2) is 5.74. The van der Waals surface area contributed by atoms with E-state index in [1.807, 2.05) is 0 Å². The molecule has 1 aromatic heterocycles. The van der Waals surface area contributed by atoms with E-state index in [0.717, 1.165) is 6.07 Å². The molecule has 10 heteroatoms. The molecule has 0 fully saturated rings. The van der Waals surface area contributed by atoms with Crippen LogP contribution in [0.4, 0.5) is 5.69 Å². The van der Waals surface area contributed by atoms with Crippen LogP contribution in [0.5, 0.6) is 0 Å². The quantitative estimate of drug-likeness (QED) is 0.624. The predicted octanol–water partition coefficient (Wildman–Crippen LogP) is 1.51. The molecule has 2 rings (SSSR count). The first kappa shape index (κ1) is 15.3. The van der Waals surface area contributed by atoms with Gasteiger partial charge >= 0.3 is 0 Å². The number of sulfonamides is 1. The Kier molecular flexibility index (Phi) is 4.19. The van der Waals surface area contributed by atoms with Gasteiger partial charge in [0.15, 0.2) is 10.1 Å². The third-order valence-corrected chi connectivity index (χ3v) is 6.09. The summed E-state index contributed by atoms with van der Waals surface area (Å²) in [5, 5.41) is 11.4. The highest BCUT2D eigenvalue weighted by Crippen LogP contribution is 2.25. The van der Waals surface area contributed by atoms with Crippen LogP contribution in [0, 0.1) is 10.1 Å². The smallest absolute Gasteiger partial charge is 0.295 e. The van der Waals surface area contributed by atoms with Crippen molar-refractivity contribution in [3.05, 3.63) is 46.8 Å². The van der Waals surface area contributed by atoms with E-state index in [0.29, 0.717) is 5.16 Å². The first-order chi connectivity index (χ1) is 9.83. The monoisotopic (exact) mass is 328 g/mol. The van der Waals surface area contributed by atoms with E-state index >= 15 is 0 Å². The number of nitro benzene ring substituents is 1. The normalized spacial score (nSPS) is 13.2. The van der Waals surface area contributed by atoms with Crippen LogP contribution >= 0.6 is 0 Å². The molecule has 0 amide bonds. The minimum Gasteiger partial charge on any atom is -0.328 e. The maximum absolute atomic E-state index is 12.3. The largest absolute Gasteiger partial charge is 0.328 e. The fourth-order valence-corrected chi connectivity index (χ4v) is 4.80. The van der Waals surface area contributed by atoms with Crippen molar-refractivity contribution < 1.29 is 13.3 Å². The lowest BCUT2D eigenvalue weighted by atomic mass is 10.3. The first-order valence-corrected chi connectivity index (χ1v) is 8.71. The van der Waals surface area contributed by atoms with Crippen LogP contribution in [-0.4, -0.2) is 29.1 Å². The van der Waals surface area contributed by atoms with Gasteiger partial charge in [0.1, 0.15) is 0 Å². The number of imidazole rings is 1. The number of hydrogen-bond acceptors (Lipinski definition) is 5. The SMILES string of the molecule is Cn1ccnc1/S(C)=N/S(=O)(=O)c1ccccc1[N+](=O)[O-]. The summed E-state index contributed by atoms with van der Waals surface area (Å²) in [5.74, 6) is 0. The molecule has 0 saturated carbocycles. The number of aromatic nitrogens is 2. The third kappa shape index (κ3) is 3.16. The van der Waals surface area contributed by atoms with Gasteiger partial charge in [0.25, 0.3) is 15.7 Å². The predicted molar refractivity (Wildman–Crippen MR) is 77.5 cm³/mol. The molecule has 21 heavy (non-hydrogen) atoms. The average molecular weight is 328 g/mol. The molecule has 112 valence electrons. The number of benzene rings is 1. The summed E-state index contributed by atoms with van der Waals surface area (Å²) in [4.78, 5) is 13.8. The van der Waals surface area contributed by atoms with E-state index in [1.165, 1.54) is 24.4 Å². The zero-order valence-corrected chi connectivity index (χ0v) is 12.8. The van der Waals surface area contributed by atoms with Crippen molar-refractivity contribution in [1.29, 1.82) is 0 Å². The summed E-state index contributed by atoms with van der Waals surface area (Å²) in [6, 6.07) is 5.13. The number of para-hydroxylation sites is 1. The van der Waals surface area contributed by atoms with Gasteiger partial charge in [0, 0.05) is 31.8 Å². The molecule has 2 aromatic rings. The molecule has 1 heterocycles. The summed E-state index contributed by atoms with van der Waals surface area (Å²) < 4.78 is 29.9. The highest BCUT2D eigenvalue weighted by atomic mass is 32.3. The lowest BCUT2D eigenvalue weighted by molar-refractivity contribution is -0.387. The van der Waals surface area contributed by atoms with Crippen molar-refractivity contribution in [3.63, 3.8) is 0 Å². The van der Waals surface area contributed by atoms with Gasteiger partial charge in [-0.25, -0.2) is 4.98 Å². The molecule has 0 spiro atoms. The second-order valence-electron chi connectivity index (χ2n) is 4.07. The maximum atomic E-state index is 12.3. The zero-order valence-electron chi connectivity index (χ0n) is 11.2. The molecule has 8 nitrogen and oxygen atoms in total. The molecule has 1 atom stereocenters. The van der Waals surface area contributed by atoms with Crippen LogP contribution in [0.2, 0.25) is 0 Å². The van der Waals surface area contributed by atoms with Gasteiger partial charge in [0.2, 0.25) is 0 Å². The molecule has 0 aliphatic carbocycles. The lowest BCUT2D eigenvalue weighted by Gasteiger charge is -2.04. The van der Waals surface area contributed by atoms with Crippen LogP contribution in [0.25, 0.3) is 0 Å². The Labute approximate surface area is 123 Å². The Balaban J connectivity index is 2.54. The van der Waals surface area contributed by atoms with Gasteiger partial charge in [-0.2, -0.15) is 8.42 Å². The number of nitro groups is 1. The molecule has 0 saturated heterocycles. The van der Waals surface area contributed by atoms with Gasteiger partial charge in [-0.15, -0.1) is 3.77 Å². The molecule has 0 radical (unpaired) electrons. The van der Waals surface area contributed by atoms with E-state index in [4.69, 9.17) is 0 Å². The van der Waals surface area contributed by atoms with E-state index < -0.39 is 36.2 Å². The standard InChI is InChI=1S/C11H12N4O4S2/c1-14-8-7-12-11(14)20(2)13-21(18,19)10-6-4-3-5-9(10)15(16)17/h3-8H,1-2H3. The van der Waals surface area contributed by atoms with Crippen LogP contribution in [-0.2, 0) is 27.8 Å². The van der Waals surface area contributed by atoms with E-state index in [-0.39, 0.29) is 0 Å². The first-order valence-electron chi connectivity index (χ1n) is 5.68. The third-order valence-electron chi connectivity index (χ3n) is 2.59. The van der Waals surface area contributed by atoms with E-state index in [1.54, 1.807) is 24.1 Å². The van der Waals surface area contributed by atoms with Gasteiger partial charge in [-0.1, -0.05) is 12.1 Å². The Morgan fingerprint density at radius 1 is 1.38 bits per heavy atom. The summed E-state index contributed by atoms with van der Waals surface area (Å²) in [5.41, 5.74) is -0.488. The number of hydrogen-bond donors (Lipinski definition) is 0. The molecule has 0 aliphatic heterocycles. The highest BCUT2D eigenvalue weighted by molar-refractivity contribution is 7.99. The summed E-state index contributed by atoms with van der Waals surface area (Å²) in [6.45, 7) is 0. The van der Waals surface area contributed by atoms with Crippen molar-refractivity contribution in [2.45, 2.75) is 10.1 Å². The zero-order chi connectivity index (χ0) is 15.6. The van der Waals surface area contributed by atoms with Crippen molar-refractivity contribution in [2.24, 2.45) is 10.8 Å².